The molecule has 0 bridgehead atoms. The number of halogens is 1. The van der Waals surface area contributed by atoms with Crippen LogP contribution in [0.5, 0.6) is 0 Å². The molecule has 18 heavy (non-hydrogen) atoms. The zero-order valence-electron chi connectivity index (χ0n) is 9.85. The molecule has 0 aromatic heterocycles. The van der Waals surface area contributed by atoms with E-state index in [1.165, 1.54) is 22.8 Å². The van der Waals surface area contributed by atoms with Gasteiger partial charge in [-0.05, 0) is 34.8 Å². The highest BCUT2D eigenvalue weighted by Crippen LogP contribution is 2.38. The summed E-state index contributed by atoms with van der Waals surface area (Å²) in [5.74, 6) is 0.00894. The predicted molar refractivity (Wildman–Crippen MR) is 76.5 cm³/mol. The molecule has 1 aliphatic rings. The van der Waals surface area contributed by atoms with E-state index in [-0.39, 0.29) is 18.2 Å². The molecule has 1 aliphatic carbocycles. The minimum atomic E-state index is 0. The second kappa shape index (κ2) is 4.79. The highest BCUT2D eigenvalue weighted by molar-refractivity contribution is 6.07. The zero-order chi connectivity index (χ0) is 11.8. The topological polar surface area (TPSA) is 17.1 Å². The van der Waals surface area contributed by atoms with Gasteiger partial charge >= 0.3 is 0 Å². The fraction of sp³-hybridized carbons (Fsp3) is 0.0625. The van der Waals surface area contributed by atoms with Crippen LogP contribution in [0.1, 0.15) is 21.5 Å². The number of allylic oxidation sites excluding steroid dienone is 1. The van der Waals surface area contributed by atoms with Gasteiger partial charge in [0.05, 0.1) is 0 Å². The summed E-state index contributed by atoms with van der Waals surface area (Å²) in [4.78, 5) is 11.8. The van der Waals surface area contributed by atoms with E-state index < -0.39 is 0 Å². The summed E-state index contributed by atoms with van der Waals surface area (Å²) in [6, 6.07) is 14.2. The average molecular weight is 257 g/mol. The number of hydrogen-bond donors (Lipinski definition) is 0. The van der Waals surface area contributed by atoms with E-state index >= 15 is 0 Å². The van der Waals surface area contributed by atoms with Gasteiger partial charge in [-0.25, -0.2) is 0 Å². The maximum absolute atomic E-state index is 11.8. The molecule has 2 aromatic rings. The molecule has 0 radical (unpaired) electrons. The van der Waals surface area contributed by atoms with Crippen molar-refractivity contribution in [1.82, 2.24) is 0 Å². The second-order valence-electron chi connectivity index (χ2n) is 4.23. The molecule has 0 atom stereocenters. The summed E-state index contributed by atoms with van der Waals surface area (Å²) >= 11 is 0. The Hall–Kier alpha value is -1.86. The fourth-order valence-electron chi connectivity index (χ4n) is 2.50. The van der Waals surface area contributed by atoms with E-state index in [1.807, 2.05) is 24.3 Å². The summed E-state index contributed by atoms with van der Waals surface area (Å²) < 4.78 is 0. The minimum absolute atomic E-state index is 0. The Morgan fingerprint density at radius 3 is 2.56 bits per heavy atom. The lowest BCUT2D eigenvalue weighted by molar-refractivity contribution is 0.104. The lowest BCUT2D eigenvalue weighted by Crippen LogP contribution is -1.99. The Labute approximate surface area is 113 Å². The Morgan fingerprint density at radius 2 is 1.78 bits per heavy atom. The van der Waals surface area contributed by atoms with Crippen LogP contribution in [0.3, 0.4) is 0 Å². The van der Waals surface area contributed by atoms with Crippen molar-refractivity contribution in [1.29, 1.82) is 0 Å². The maximum Gasteiger partial charge on any atom is 0.185 e. The molecule has 2 heteroatoms. The van der Waals surface area contributed by atoms with Crippen LogP contribution >= 0.6 is 12.4 Å². The van der Waals surface area contributed by atoms with Gasteiger partial charge in [0, 0.05) is 5.56 Å². The SMILES string of the molecule is C=CC(=O)c1cccc2c1Cc1ccccc1-2.Cl. The largest absolute Gasteiger partial charge is 0.289 e. The molecule has 0 unspecified atom stereocenters. The minimum Gasteiger partial charge on any atom is -0.289 e. The van der Waals surface area contributed by atoms with E-state index in [4.69, 9.17) is 0 Å². The standard InChI is InChI=1S/C16H12O.ClH/c1-2-16(17)14-9-5-8-13-12-7-4-3-6-11(12)10-15(13)14;/h2-9H,1,10H2;1H. The summed E-state index contributed by atoms with van der Waals surface area (Å²) in [5, 5.41) is 0. The van der Waals surface area contributed by atoms with Gasteiger partial charge in [-0.1, -0.05) is 49.0 Å². The highest BCUT2D eigenvalue weighted by atomic mass is 35.5. The predicted octanol–water partition coefficient (Wildman–Crippen LogP) is 4.05. The monoisotopic (exact) mass is 256 g/mol. The van der Waals surface area contributed by atoms with Crippen molar-refractivity contribution < 1.29 is 4.79 Å². The first-order valence-corrected chi connectivity index (χ1v) is 5.68. The Kier molecular flexibility index (Phi) is 3.35. The molecule has 2 aromatic carbocycles. The van der Waals surface area contributed by atoms with Crippen LogP contribution in [-0.4, -0.2) is 5.78 Å². The quantitative estimate of drug-likeness (QED) is 0.499. The average Bonchev–Trinajstić information content (AvgIpc) is 2.76. The van der Waals surface area contributed by atoms with Crippen LogP contribution in [-0.2, 0) is 6.42 Å². The van der Waals surface area contributed by atoms with Crippen molar-refractivity contribution in [3.8, 4) is 11.1 Å². The first-order chi connectivity index (χ1) is 8.31. The van der Waals surface area contributed by atoms with E-state index in [0.29, 0.717) is 0 Å². The molecule has 0 aliphatic heterocycles. The highest BCUT2D eigenvalue weighted by Gasteiger charge is 2.21. The molecule has 0 spiro atoms. The van der Waals surface area contributed by atoms with Crippen molar-refractivity contribution in [2.75, 3.05) is 0 Å². The smallest absolute Gasteiger partial charge is 0.185 e. The summed E-state index contributed by atoms with van der Waals surface area (Å²) in [5.41, 5.74) is 5.66. The molecule has 90 valence electrons. The van der Waals surface area contributed by atoms with Crippen LogP contribution in [0.2, 0.25) is 0 Å². The molecule has 0 amide bonds. The van der Waals surface area contributed by atoms with Crippen molar-refractivity contribution in [2.24, 2.45) is 0 Å². The number of rotatable bonds is 2. The van der Waals surface area contributed by atoms with Gasteiger partial charge in [-0.2, -0.15) is 0 Å². The number of benzene rings is 2. The molecule has 0 fully saturated rings. The van der Waals surface area contributed by atoms with E-state index in [2.05, 4.69) is 24.8 Å². The van der Waals surface area contributed by atoms with Crippen LogP contribution in [0.4, 0.5) is 0 Å². The van der Waals surface area contributed by atoms with Crippen LogP contribution in [0.15, 0.2) is 55.1 Å². The lowest BCUT2D eigenvalue weighted by atomic mass is 9.98. The first kappa shape index (κ1) is 12.6. The van der Waals surface area contributed by atoms with Crippen LogP contribution in [0.25, 0.3) is 11.1 Å². The lowest BCUT2D eigenvalue weighted by Gasteiger charge is -2.04. The molecular formula is C16H13ClO. The third-order valence-electron chi connectivity index (χ3n) is 3.30. The Bertz CT molecular complexity index is 629. The second-order valence-corrected chi connectivity index (χ2v) is 4.23. The Morgan fingerprint density at radius 1 is 1.06 bits per heavy atom. The number of carbonyl (C=O) groups excluding carboxylic acids is 1. The summed E-state index contributed by atoms with van der Waals surface area (Å²) in [6.45, 7) is 3.56. The van der Waals surface area contributed by atoms with E-state index in [0.717, 1.165) is 17.5 Å². The van der Waals surface area contributed by atoms with Gasteiger partial charge in [0.15, 0.2) is 5.78 Å². The van der Waals surface area contributed by atoms with Crippen molar-refractivity contribution in [3.05, 3.63) is 71.8 Å². The number of hydrogen-bond acceptors (Lipinski definition) is 1. The van der Waals surface area contributed by atoms with Gasteiger partial charge in [0.25, 0.3) is 0 Å². The first-order valence-electron chi connectivity index (χ1n) is 5.68. The van der Waals surface area contributed by atoms with Gasteiger partial charge in [0.1, 0.15) is 0 Å². The van der Waals surface area contributed by atoms with Crippen molar-refractivity contribution in [3.63, 3.8) is 0 Å². The van der Waals surface area contributed by atoms with E-state index in [9.17, 15) is 4.79 Å². The third-order valence-corrected chi connectivity index (χ3v) is 3.30. The maximum atomic E-state index is 11.8. The van der Waals surface area contributed by atoms with Gasteiger partial charge in [-0.15, -0.1) is 12.4 Å². The number of carbonyl (C=O) groups is 1. The van der Waals surface area contributed by atoms with Crippen molar-refractivity contribution in [2.45, 2.75) is 6.42 Å². The van der Waals surface area contributed by atoms with E-state index in [1.54, 1.807) is 0 Å². The molecule has 3 rings (SSSR count). The molecule has 0 saturated heterocycles. The number of ketones is 1. The molecule has 0 saturated carbocycles. The molecular weight excluding hydrogens is 244 g/mol. The summed E-state index contributed by atoms with van der Waals surface area (Å²) in [7, 11) is 0. The van der Waals surface area contributed by atoms with Crippen LogP contribution in [0, 0.1) is 0 Å². The third kappa shape index (κ3) is 1.77. The van der Waals surface area contributed by atoms with Gasteiger partial charge < -0.3 is 0 Å². The fourth-order valence-corrected chi connectivity index (χ4v) is 2.50. The summed E-state index contributed by atoms with van der Waals surface area (Å²) in [6.07, 6.45) is 2.24. The van der Waals surface area contributed by atoms with Crippen LogP contribution < -0.4 is 0 Å². The van der Waals surface area contributed by atoms with Gasteiger partial charge in [-0.3, -0.25) is 4.79 Å². The normalized spacial score (nSPS) is 11.1. The molecule has 1 nitrogen and oxygen atoms in total. The molecule has 0 N–H and O–H groups in total. The number of fused-ring (bicyclic) bond motifs is 3. The molecule has 0 heterocycles. The zero-order valence-corrected chi connectivity index (χ0v) is 10.7. The van der Waals surface area contributed by atoms with Gasteiger partial charge in [0.2, 0.25) is 0 Å². The van der Waals surface area contributed by atoms with Crippen molar-refractivity contribution >= 4 is 18.2 Å². The Balaban J connectivity index is 0.00000120.